The number of carbonyl (C=O) groups is 1. The van der Waals surface area contributed by atoms with E-state index >= 15 is 0 Å². The Labute approximate surface area is 124 Å². The van der Waals surface area contributed by atoms with Gasteiger partial charge in [-0.3, -0.25) is 14.8 Å². The number of amides is 1. The summed E-state index contributed by atoms with van der Waals surface area (Å²) in [6.07, 6.45) is 7.46. The fraction of sp³-hybridized carbons (Fsp3) is 0.125. The standard InChI is InChI=1S/C14H12N4O.C2H6/c15-7-12(10-3-1-5-17-8-10)13(14(16)19)11-4-2-6-18-9-11;1-2/h1-9,15H,(H2,16,19);1-2H3/b13-12+,15-7?;. The van der Waals surface area contributed by atoms with Crippen LogP contribution in [-0.2, 0) is 4.79 Å². The molecule has 0 saturated heterocycles. The summed E-state index contributed by atoms with van der Waals surface area (Å²) in [6, 6.07) is 6.95. The van der Waals surface area contributed by atoms with Crippen LogP contribution in [0.25, 0.3) is 11.1 Å². The molecule has 1 amide bonds. The number of nitrogens with zero attached hydrogens (tertiary/aromatic N) is 2. The second-order valence-electron chi connectivity index (χ2n) is 3.78. The highest BCUT2D eigenvalue weighted by Gasteiger charge is 2.15. The van der Waals surface area contributed by atoms with Gasteiger partial charge < -0.3 is 11.1 Å². The van der Waals surface area contributed by atoms with E-state index in [1.807, 2.05) is 13.8 Å². The lowest BCUT2D eigenvalue weighted by molar-refractivity contribution is -0.112. The summed E-state index contributed by atoms with van der Waals surface area (Å²) >= 11 is 0. The van der Waals surface area contributed by atoms with Crippen LogP contribution in [-0.4, -0.2) is 22.1 Å². The average molecular weight is 282 g/mol. The minimum atomic E-state index is -0.602. The fourth-order valence-corrected chi connectivity index (χ4v) is 1.76. The molecule has 0 fully saturated rings. The largest absolute Gasteiger partial charge is 0.366 e. The molecular weight excluding hydrogens is 264 g/mol. The average Bonchev–Trinajstić information content (AvgIpc) is 2.55. The zero-order valence-corrected chi connectivity index (χ0v) is 12.1. The third-order valence-corrected chi connectivity index (χ3v) is 2.58. The van der Waals surface area contributed by atoms with Gasteiger partial charge in [0.1, 0.15) is 0 Å². The number of nitrogens with one attached hydrogen (secondary N) is 1. The van der Waals surface area contributed by atoms with E-state index in [-0.39, 0.29) is 5.57 Å². The summed E-state index contributed by atoms with van der Waals surface area (Å²) in [6.45, 7) is 4.00. The number of hydrogen-bond acceptors (Lipinski definition) is 4. The van der Waals surface area contributed by atoms with Crippen LogP contribution in [0.15, 0.2) is 49.1 Å². The highest BCUT2D eigenvalue weighted by molar-refractivity contribution is 6.35. The lowest BCUT2D eigenvalue weighted by atomic mass is 9.97. The Hall–Kier alpha value is -2.82. The predicted molar refractivity (Wildman–Crippen MR) is 84.6 cm³/mol. The summed E-state index contributed by atoms with van der Waals surface area (Å²) in [5.74, 6) is -0.602. The Morgan fingerprint density at radius 1 is 1.10 bits per heavy atom. The quantitative estimate of drug-likeness (QED) is 0.666. The van der Waals surface area contributed by atoms with Crippen molar-refractivity contribution in [2.75, 3.05) is 0 Å². The monoisotopic (exact) mass is 282 g/mol. The van der Waals surface area contributed by atoms with E-state index in [0.717, 1.165) is 6.21 Å². The van der Waals surface area contributed by atoms with Gasteiger partial charge in [0.2, 0.25) is 5.91 Å². The molecule has 5 heteroatoms. The lowest BCUT2D eigenvalue weighted by Crippen LogP contribution is -2.15. The van der Waals surface area contributed by atoms with Crippen molar-refractivity contribution in [1.29, 1.82) is 5.41 Å². The van der Waals surface area contributed by atoms with E-state index < -0.39 is 5.91 Å². The van der Waals surface area contributed by atoms with Gasteiger partial charge in [0.05, 0.1) is 5.57 Å². The molecule has 2 aromatic rings. The molecule has 0 spiro atoms. The minimum absolute atomic E-state index is 0.260. The normalized spacial score (nSPS) is 10.8. The fourth-order valence-electron chi connectivity index (χ4n) is 1.76. The number of aromatic nitrogens is 2. The van der Waals surface area contributed by atoms with Gasteiger partial charge in [-0.15, -0.1) is 0 Å². The van der Waals surface area contributed by atoms with Gasteiger partial charge in [0.15, 0.2) is 0 Å². The molecule has 0 bridgehead atoms. The van der Waals surface area contributed by atoms with Gasteiger partial charge in [0.25, 0.3) is 0 Å². The molecular formula is C16H18N4O. The molecule has 0 unspecified atom stereocenters. The first-order valence-corrected chi connectivity index (χ1v) is 6.59. The van der Waals surface area contributed by atoms with Crippen molar-refractivity contribution in [2.45, 2.75) is 13.8 Å². The molecule has 21 heavy (non-hydrogen) atoms. The van der Waals surface area contributed by atoms with Crippen molar-refractivity contribution in [2.24, 2.45) is 5.73 Å². The maximum atomic E-state index is 11.7. The van der Waals surface area contributed by atoms with E-state index in [1.54, 1.807) is 49.1 Å². The lowest BCUT2D eigenvalue weighted by Gasteiger charge is -2.09. The number of rotatable bonds is 4. The van der Waals surface area contributed by atoms with E-state index in [9.17, 15) is 4.79 Å². The van der Waals surface area contributed by atoms with Crippen LogP contribution in [0, 0.1) is 5.41 Å². The van der Waals surface area contributed by atoms with Crippen molar-refractivity contribution in [3.05, 3.63) is 60.2 Å². The molecule has 2 aromatic heterocycles. The van der Waals surface area contributed by atoms with E-state index in [2.05, 4.69) is 9.97 Å². The molecule has 0 aliphatic rings. The van der Waals surface area contributed by atoms with Crippen LogP contribution in [0.4, 0.5) is 0 Å². The Morgan fingerprint density at radius 3 is 2.00 bits per heavy atom. The van der Waals surface area contributed by atoms with Crippen molar-refractivity contribution in [3.8, 4) is 0 Å². The zero-order valence-electron chi connectivity index (χ0n) is 12.1. The molecule has 2 heterocycles. The highest BCUT2D eigenvalue weighted by atomic mass is 16.1. The highest BCUT2D eigenvalue weighted by Crippen LogP contribution is 2.23. The van der Waals surface area contributed by atoms with Gasteiger partial charge in [0, 0.05) is 47.7 Å². The Morgan fingerprint density at radius 2 is 1.62 bits per heavy atom. The van der Waals surface area contributed by atoms with Gasteiger partial charge in [-0.2, -0.15) is 0 Å². The van der Waals surface area contributed by atoms with Crippen molar-refractivity contribution < 1.29 is 4.79 Å². The smallest absolute Gasteiger partial charge is 0.250 e. The van der Waals surface area contributed by atoms with Crippen LogP contribution in [0.3, 0.4) is 0 Å². The number of nitrogens with two attached hydrogens (primary N) is 1. The first-order valence-electron chi connectivity index (χ1n) is 6.59. The van der Waals surface area contributed by atoms with Crippen LogP contribution >= 0.6 is 0 Å². The summed E-state index contributed by atoms with van der Waals surface area (Å²) in [5, 5.41) is 7.53. The number of allylic oxidation sites excluding steroid dienone is 1. The van der Waals surface area contributed by atoms with Gasteiger partial charge in [-0.25, -0.2) is 0 Å². The number of hydrogen-bond donors (Lipinski definition) is 2. The molecule has 0 aliphatic carbocycles. The van der Waals surface area contributed by atoms with Crippen LogP contribution in [0.1, 0.15) is 25.0 Å². The van der Waals surface area contributed by atoms with E-state index in [0.29, 0.717) is 16.7 Å². The van der Waals surface area contributed by atoms with Crippen LogP contribution in [0.5, 0.6) is 0 Å². The summed E-state index contributed by atoms with van der Waals surface area (Å²) in [5.41, 5.74) is 7.36. The maximum absolute atomic E-state index is 11.7. The third kappa shape index (κ3) is 4.07. The second kappa shape index (κ2) is 8.37. The molecule has 108 valence electrons. The first-order chi connectivity index (χ1) is 10.2. The summed E-state index contributed by atoms with van der Waals surface area (Å²) in [4.78, 5) is 19.6. The third-order valence-electron chi connectivity index (χ3n) is 2.58. The molecule has 0 aliphatic heterocycles. The second-order valence-corrected chi connectivity index (χ2v) is 3.78. The molecule has 5 nitrogen and oxygen atoms in total. The zero-order chi connectivity index (χ0) is 15.7. The summed E-state index contributed by atoms with van der Waals surface area (Å²) in [7, 11) is 0. The molecule has 2 rings (SSSR count). The topological polar surface area (TPSA) is 92.7 Å². The van der Waals surface area contributed by atoms with Crippen LogP contribution in [0.2, 0.25) is 0 Å². The minimum Gasteiger partial charge on any atom is -0.366 e. The van der Waals surface area contributed by atoms with Crippen molar-refractivity contribution >= 4 is 23.3 Å². The van der Waals surface area contributed by atoms with Gasteiger partial charge in [-0.1, -0.05) is 26.0 Å². The summed E-state index contributed by atoms with van der Waals surface area (Å²) < 4.78 is 0. The molecule has 0 atom stereocenters. The SMILES string of the molecule is CC.N=C/C(=C(\C(N)=O)c1cccnc1)c1cccnc1. The van der Waals surface area contributed by atoms with E-state index in [1.165, 1.54) is 0 Å². The maximum Gasteiger partial charge on any atom is 0.250 e. The molecule has 0 aromatic carbocycles. The molecule has 0 saturated carbocycles. The number of carbonyl (C=O) groups excluding carboxylic acids is 1. The van der Waals surface area contributed by atoms with E-state index in [4.69, 9.17) is 11.1 Å². The predicted octanol–water partition coefficient (Wildman–Crippen LogP) is 2.55. The van der Waals surface area contributed by atoms with Gasteiger partial charge >= 0.3 is 0 Å². The first kappa shape index (κ1) is 16.2. The van der Waals surface area contributed by atoms with Crippen LogP contribution < -0.4 is 5.73 Å². The number of primary amides is 1. The number of pyridine rings is 2. The van der Waals surface area contributed by atoms with Crippen molar-refractivity contribution in [1.82, 2.24) is 9.97 Å². The Balaban J connectivity index is 0.00000106. The Bertz CT molecular complexity index is 621. The van der Waals surface area contributed by atoms with Gasteiger partial charge in [-0.05, 0) is 12.1 Å². The molecule has 0 radical (unpaired) electrons. The Kier molecular flexibility index (Phi) is 6.47. The van der Waals surface area contributed by atoms with Crippen molar-refractivity contribution in [3.63, 3.8) is 0 Å². The molecule has 3 N–H and O–H groups in total.